The molecule has 0 aromatic heterocycles. The van der Waals surface area contributed by atoms with Gasteiger partial charge in [-0.05, 0) is 25.6 Å². The van der Waals surface area contributed by atoms with Gasteiger partial charge in [-0.25, -0.2) is 0 Å². The lowest BCUT2D eigenvalue weighted by atomic mass is 9.94. The van der Waals surface area contributed by atoms with Crippen molar-refractivity contribution >= 4 is 5.69 Å². The molecule has 0 fully saturated rings. The van der Waals surface area contributed by atoms with Gasteiger partial charge in [-0.2, -0.15) is 0 Å². The van der Waals surface area contributed by atoms with Crippen LogP contribution in [-0.4, -0.2) is 26.7 Å². The number of methoxy groups -OCH3 is 1. The summed E-state index contributed by atoms with van der Waals surface area (Å²) < 4.78 is 5.34. The minimum atomic E-state index is 0.478. The fourth-order valence-electron chi connectivity index (χ4n) is 2.19. The Hall–Kier alpha value is -1.22. The van der Waals surface area contributed by atoms with Crippen LogP contribution < -0.4 is 15.4 Å². The average Bonchev–Trinajstić information content (AvgIpc) is 2.71. The van der Waals surface area contributed by atoms with Gasteiger partial charge in [0.15, 0.2) is 0 Å². The van der Waals surface area contributed by atoms with Gasteiger partial charge in [0.05, 0.1) is 12.8 Å². The van der Waals surface area contributed by atoms with Crippen LogP contribution in [-0.2, 0) is 0 Å². The Morgan fingerprint density at radius 3 is 3.00 bits per heavy atom. The van der Waals surface area contributed by atoms with Crippen molar-refractivity contribution in [2.45, 2.75) is 18.9 Å². The van der Waals surface area contributed by atoms with Gasteiger partial charge in [-0.1, -0.05) is 12.1 Å². The molecule has 2 atom stereocenters. The third-order valence-corrected chi connectivity index (χ3v) is 3.24. The Morgan fingerprint density at radius 2 is 2.33 bits per heavy atom. The third-order valence-electron chi connectivity index (χ3n) is 3.24. The minimum Gasteiger partial charge on any atom is -0.495 e. The van der Waals surface area contributed by atoms with E-state index < -0.39 is 0 Å². The van der Waals surface area contributed by atoms with E-state index in [0.29, 0.717) is 12.0 Å². The Bertz CT molecular complexity index is 351. The molecule has 1 aromatic carbocycles. The van der Waals surface area contributed by atoms with Gasteiger partial charge in [0.2, 0.25) is 0 Å². The highest BCUT2D eigenvalue weighted by Gasteiger charge is 2.28. The molecule has 3 nitrogen and oxygen atoms in total. The first kappa shape index (κ1) is 10.3. The number of likely N-dealkylation sites (N-methyl/N-ethyl adjacent to an activating group) is 1. The van der Waals surface area contributed by atoms with Gasteiger partial charge < -0.3 is 15.4 Å². The van der Waals surface area contributed by atoms with E-state index in [4.69, 9.17) is 4.74 Å². The number of ether oxygens (including phenoxy) is 1. The lowest BCUT2D eigenvalue weighted by Gasteiger charge is -2.18. The number of hydrogen-bond acceptors (Lipinski definition) is 3. The lowest BCUT2D eigenvalue weighted by Crippen LogP contribution is -2.29. The highest BCUT2D eigenvalue weighted by molar-refractivity contribution is 5.67. The van der Waals surface area contributed by atoms with Gasteiger partial charge >= 0.3 is 0 Å². The molecule has 0 spiro atoms. The van der Waals surface area contributed by atoms with Crippen LogP contribution in [0.2, 0.25) is 0 Å². The summed E-state index contributed by atoms with van der Waals surface area (Å²) in [7, 11) is 3.72. The standard InChI is InChI=1S/C12H18N2O/c1-8(13-2)10-7-14-12-9(10)5-4-6-11(12)15-3/h4-6,8,10,13-14H,7H2,1-3H3. The molecule has 82 valence electrons. The van der Waals surface area contributed by atoms with E-state index in [9.17, 15) is 0 Å². The maximum atomic E-state index is 5.34. The number of benzene rings is 1. The molecule has 1 aliphatic heterocycles. The largest absolute Gasteiger partial charge is 0.495 e. The van der Waals surface area contributed by atoms with Crippen LogP contribution in [0.5, 0.6) is 5.75 Å². The van der Waals surface area contributed by atoms with E-state index in [1.54, 1.807) is 7.11 Å². The first-order valence-corrected chi connectivity index (χ1v) is 5.36. The highest BCUT2D eigenvalue weighted by Crippen LogP contribution is 2.39. The second-order valence-corrected chi connectivity index (χ2v) is 3.99. The van der Waals surface area contributed by atoms with Crippen molar-refractivity contribution in [2.24, 2.45) is 0 Å². The summed E-state index contributed by atoms with van der Waals surface area (Å²) >= 11 is 0. The molecular formula is C12H18N2O. The molecule has 0 radical (unpaired) electrons. The van der Waals surface area contributed by atoms with Crippen molar-refractivity contribution in [3.63, 3.8) is 0 Å². The quantitative estimate of drug-likeness (QED) is 0.791. The molecular weight excluding hydrogens is 188 g/mol. The van der Waals surface area contributed by atoms with Crippen molar-refractivity contribution < 1.29 is 4.74 Å². The number of hydrogen-bond donors (Lipinski definition) is 2. The molecule has 2 unspecified atom stereocenters. The van der Waals surface area contributed by atoms with Crippen molar-refractivity contribution in [3.05, 3.63) is 23.8 Å². The molecule has 0 amide bonds. The number of para-hydroxylation sites is 1. The van der Waals surface area contributed by atoms with Gasteiger partial charge in [0.25, 0.3) is 0 Å². The first-order valence-electron chi connectivity index (χ1n) is 5.36. The second kappa shape index (κ2) is 4.11. The van der Waals surface area contributed by atoms with Crippen LogP contribution >= 0.6 is 0 Å². The monoisotopic (exact) mass is 206 g/mol. The van der Waals surface area contributed by atoms with Crippen LogP contribution in [0, 0.1) is 0 Å². The highest BCUT2D eigenvalue weighted by atomic mass is 16.5. The summed E-state index contributed by atoms with van der Waals surface area (Å²) in [4.78, 5) is 0. The summed E-state index contributed by atoms with van der Waals surface area (Å²) in [5, 5.41) is 6.72. The Balaban J connectivity index is 2.35. The van der Waals surface area contributed by atoms with E-state index in [0.717, 1.165) is 18.0 Å². The maximum Gasteiger partial charge on any atom is 0.142 e. The predicted molar refractivity (Wildman–Crippen MR) is 62.7 cm³/mol. The Labute approximate surface area is 90.8 Å². The van der Waals surface area contributed by atoms with E-state index in [1.165, 1.54) is 5.56 Å². The normalized spacial score (nSPS) is 20.6. The summed E-state index contributed by atoms with van der Waals surface area (Å²) in [6.45, 7) is 3.19. The van der Waals surface area contributed by atoms with Gasteiger partial charge in [-0.15, -0.1) is 0 Å². The number of rotatable bonds is 3. The fraction of sp³-hybridized carbons (Fsp3) is 0.500. The summed E-state index contributed by atoms with van der Waals surface area (Å²) in [6, 6.07) is 6.71. The molecule has 2 rings (SSSR count). The molecule has 1 aromatic rings. The molecule has 0 saturated heterocycles. The second-order valence-electron chi connectivity index (χ2n) is 3.99. The van der Waals surface area contributed by atoms with Crippen molar-refractivity contribution in [3.8, 4) is 5.75 Å². The van der Waals surface area contributed by atoms with Crippen LogP contribution in [0.4, 0.5) is 5.69 Å². The van der Waals surface area contributed by atoms with Gasteiger partial charge in [0, 0.05) is 18.5 Å². The van der Waals surface area contributed by atoms with Gasteiger partial charge in [-0.3, -0.25) is 0 Å². The first-order chi connectivity index (χ1) is 7.27. The molecule has 3 heteroatoms. The van der Waals surface area contributed by atoms with E-state index in [1.807, 2.05) is 13.1 Å². The number of fused-ring (bicyclic) bond motifs is 1. The molecule has 1 heterocycles. The smallest absolute Gasteiger partial charge is 0.142 e. The molecule has 2 N–H and O–H groups in total. The average molecular weight is 206 g/mol. The summed E-state index contributed by atoms with van der Waals surface area (Å²) in [6.07, 6.45) is 0. The fourth-order valence-corrected chi connectivity index (χ4v) is 2.19. The maximum absolute atomic E-state index is 5.34. The van der Waals surface area contributed by atoms with Crippen molar-refractivity contribution in [1.29, 1.82) is 0 Å². The van der Waals surface area contributed by atoms with Crippen LogP contribution in [0.1, 0.15) is 18.4 Å². The molecule has 1 aliphatic rings. The molecule has 15 heavy (non-hydrogen) atoms. The van der Waals surface area contributed by atoms with E-state index in [-0.39, 0.29) is 0 Å². The van der Waals surface area contributed by atoms with Crippen LogP contribution in [0.3, 0.4) is 0 Å². The molecule has 0 aliphatic carbocycles. The van der Waals surface area contributed by atoms with E-state index in [2.05, 4.69) is 29.7 Å². The zero-order chi connectivity index (χ0) is 10.8. The lowest BCUT2D eigenvalue weighted by molar-refractivity contribution is 0.416. The topological polar surface area (TPSA) is 33.3 Å². The Kier molecular flexibility index (Phi) is 2.82. The number of nitrogens with one attached hydrogen (secondary N) is 2. The van der Waals surface area contributed by atoms with E-state index >= 15 is 0 Å². The van der Waals surface area contributed by atoms with Crippen LogP contribution in [0.15, 0.2) is 18.2 Å². The molecule has 0 saturated carbocycles. The van der Waals surface area contributed by atoms with Crippen molar-refractivity contribution in [2.75, 3.05) is 26.0 Å². The Morgan fingerprint density at radius 1 is 1.53 bits per heavy atom. The third kappa shape index (κ3) is 1.67. The zero-order valence-electron chi connectivity index (χ0n) is 9.50. The summed E-state index contributed by atoms with van der Waals surface area (Å²) in [5.41, 5.74) is 2.52. The minimum absolute atomic E-state index is 0.478. The van der Waals surface area contributed by atoms with Crippen molar-refractivity contribution in [1.82, 2.24) is 5.32 Å². The number of anilines is 1. The zero-order valence-corrected chi connectivity index (χ0v) is 9.50. The molecule has 0 bridgehead atoms. The summed E-state index contributed by atoms with van der Waals surface area (Å²) in [5.74, 6) is 1.47. The predicted octanol–water partition coefficient (Wildman–Crippen LogP) is 1.81. The SMILES string of the molecule is CNC(C)C1CNc2c(OC)cccc21. The van der Waals surface area contributed by atoms with Gasteiger partial charge in [0.1, 0.15) is 5.75 Å². The van der Waals surface area contributed by atoms with Crippen LogP contribution in [0.25, 0.3) is 0 Å².